The zero-order valence-corrected chi connectivity index (χ0v) is 18.1. The zero-order chi connectivity index (χ0) is 24.2. The molecule has 0 saturated carbocycles. The lowest BCUT2D eigenvalue weighted by molar-refractivity contribution is -0.140. The van der Waals surface area contributed by atoms with Crippen LogP contribution in [0.25, 0.3) is 17.2 Å². The third-order valence-corrected chi connectivity index (χ3v) is 5.29. The first kappa shape index (κ1) is 24.4. The van der Waals surface area contributed by atoms with Crippen LogP contribution >= 0.6 is 0 Å². The molecule has 0 N–H and O–H groups in total. The van der Waals surface area contributed by atoms with Gasteiger partial charge in [0.2, 0.25) is 0 Å². The number of ether oxygens (including phenoxy) is 1. The molecule has 3 rings (SSSR count). The summed E-state index contributed by atoms with van der Waals surface area (Å²) in [7, 11) is 1.53. The van der Waals surface area contributed by atoms with Gasteiger partial charge in [-0.1, -0.05) is 55.5 Å². The molecular weight excluding hydrogens is 442 g/mol. The minimum atomic E-state index is -5.00. The van der Waals surface area contributed by atoms with Gasteiger partial charge >= 0.3 is 6.18 Å². The highest BCUT2D eigenvalue weighted by atomic mass is 19.4. The molecule has 0 unspecified atom stereocenters. The van der Waals surface area contributed by atoms with E-state index in [9.17, 15) is 26.3 Å². The van der Waals surface area contributed by atoms with Crippen molar-refractivity contribution in [3.05, 3.63) is 94.3 Å². The van der Waals surface area contributed by atoms with Gasteiger partial charge in [0.1, 0.15) is 11.6 Å². The molecule has 0 spiro atoms. The smallest absolute Gasteiger partial charge is 0.419 e. The van der Waals surface area contributed by atoms with Gasteiger partial charge in [-0.2, -0.15) is 13.2 Å². The lowest BCUT2D eigenvalue weighted by Crippen LogP contribution is -2.12. The van der Waals surface area contributed by atoms with Crippen molar-refractivity contribution in [1.29, 1.82) is 0 Å². The molecule has 0 aliphatic heterocycles. The minimum Gasteiger partial charge on any atom is -0.497 e. The van der Waals surface area contributed by atoms with E-state index in [0.717, 1.165) is 29.8 Å². The van der Waals surface area contributed by atoms with E-state index in [-0.39, 0.29) is 17.5 Å². The third kappa shape index (κ3) is 5.41. The van der Waals surface area contributed by atoms with Crippen molar-refractivity contribution >= 4 is 6.08 Å². The molecule has 7 heteroatoms. The second-order valence-corrected chi connectivity index (χ2v) is 7.45. The molecule has 33 heavy (non-hydrogen) atoms. The van der Waals surface area contributed by atoms with Crippen LogP contribution in [0.5, 0.6) is 5.75 Å². The van der Waals surface area contributed by atoms with Gasteiger partial charge in [-0.15, -0.1) is 0 Å². The highest BCUT2D eigenvalue weighted by molar-refractivity contribution is 5.70. The molecule has 0 aliphatic rings. The maximum Gasteiger partial charge on any atom is 0.419 e. The Bertz CT molecular complexity index is 1150. The lowest BCUT2D eigenvalue weighted by atomic mass is 9.95. The van der Waals surface area contributed by atoms with Gasteiger partial charge in [0.25, 0.3) is 0 Å². The number of halogens is 6. The average molecular weight is 464 g/mol. The summed E-state index contributed by atoms with van der Waals surface area (Å²) in [6, 6.07) is 11.6. The Labute approximate surface area is 188 Å². The first-order valence-corrected chi connectivity index (χ1v) is 10.3. The Morgan fingerprint density at radius 2 is 1.42 bits per heavy atom. The predicted octanol–water partition coefficient (Wildman–Crippen LogP) is 8.01. The Morgan fingerprint density at radius 3 is 2.03 bits per heavy atom. The van der Waals surface area contributed by atoms with Crippen LogP contribution in [0.15, 0.2) is 54.6 Å². The molecule has 3 aromatic carbocycles. The fourth-order valence-electron chi connectivity index (χ4n) is 3.53. The summed E-state index contributed by atoms with van der Waals surface area (Å²) >= 11 is 0. The molecule has 0 bridgehead atoms. The lowest BCUT2D eigenvalue weighted by Gasteiger charge is -2.16. The zero-order valence-electron chi connectivity index (χ0n) is 18.1. The van der Waals surface area contributed by atoms with Crippen LogP contribution in [-0.2, 0) is 19.0 Å². The summed E-state index contributed by atoms with van der Waals surface area (Å²) in [6.45, 7) is 1.73. The van der Waals surface area contributed by atoms with E-state index in [1.807, 2.05) is 0 Å². The summed E-state index contributed by atoms with van der Waals surface area (Å²) in [5.41, 5.74) is -2.17. The van der Waals surface area contributed by atoms with Crippen LogP contribution in [0.1, 0.15) is 35.6 Å². The predicted molar refractivity (Wildman–Crippen MR) is 116 cm³/mol. The highest BCUT2D eigenvalue weighted by Crippen LogP contribution is 2.39. The fraction of sp³-hybridized carbons (Fsp3) is 0.231. The van der Waals surface area contributed by atoms with Gasteiger partial charge in [0.05, 0.1) is 12.7 Å². The van der Waals surface area contributed by atoms with Crippen LogP contribution in [0, 0.1) is 17.5 Å². The van der Waals surface area contributed by atoms with E-state index in [4.69, 9.17) is 4.74 Å². The van der Waals surface area contributed by atoms with Gasteiger partial charge in [0, 0.05) is 11.1 Å². The number of benzene rings is 3. The Hall–Kier alpha value is -3.22. The van der Waals surface area contributed by atoms with Crippen LogP contribution < -0.4 is 4.74 Å². The van der Waals surface area contributed by atoms with Crippen molar-refractivity contribution in [2.45, 2.75) is 32.4 Å². The van der Waals surface area contributed by atoms with E-state index in [2.05, 4.69) is 0 Å². The van der Waals surface area contributed by atoms with Crippen molar-refractivity contribution in [2.75, 3.05) is 7.11 Å². The van der Waals surface area contributed by atoms with Crippen LogP contribution in [-0.4, -0.2) is 7.11 Å². The number of aryl methyl sites for hydroxylation is 2. The number of alkyl halides is 3. The SMILES string of the molecule is CCC=Cc1ccc(-c2ccc(CCc3ccc(OC)cc3)c(F)c2F)c(F)c1C(F)(F)F. The van der Waals surface area contributed by atoms with E-state index in [1.165, 1.54) is 19.3 Å². The number of hydrogen-bond donors (Lipinski definition) is 0. The maximum atomic E-state index is 14.9. The topological polar surface area (TPSA) is 9.23 Å². The van der Waals surface area contributed by atoms with E-state index < -0.39 is 40.3 Å². The molecular formula is C26H22F6O. The Kier molecular flexibility index (Phi) is 7.51. The van der Waals surface area contributed by atoms with Gasteiger partial charge < -0.3 is 4.74 Å². The Morgan fingerprint density at radius 1 is 0.788 bits per heavy atom. The second kappa shape index (κ2) is 10.1. The number of rotatable bonds is 7. The summed E-state index contributed by atoms with van der Waals surface area (Å²) in [5, 5.41) is 0. The molecule has 1 nitrogen and oxygen atoms in total. The number of allylic oxidation sites excluding steroid dienone is 1. The first-order valence-electron chi connectivity index (χ1n) is 10.3. The fourth-order valence-corrected chi connectivity index (χ4v) is 3.53. The molecule has 0 saturated heterocycles. The van der Waals surface area contributed by atoms with Gasteiger partial charge in [-0.25, -0.2) is 13.2 Å². The summed E-state index contributed by atoms with van der Waals surface area (Å²) in [4.78, 5) is 0. The molecule has 0 aliphatic carbocycles. The van der Waals surface area contributed by atoms with Crippen molar-refractivity contribution in [3.8, 4) is 16.9 Å². The molecule has 0 fully saturated rings. The van der Waals surface area contributed by atoms with Crippen LogP contribution in [0.2, 0.25) is 0 Å². The standard InChI is InChI=1S/C26H22F6O/c1-3-4-5-17-10-14-20(24(28)22(17)26(30,31)32)21-15-11-18(23(27)25(21)29)9-6-16-7-12-19(33-2)13-8-16/h4-5,7-8,10-15H,3,6,9H2,1-2H3. The summed E-state index contributed by atoms with van der Waals surface area (Å²) in [5.74, 6) is -3.56. The van der Waals surface area contributed by atoms with Crippen LogP contribution in [0.3, 0.4) is 0 Å². The average Bonchev–Trinajstić information content (AvgIpc) is 2.78. The minimum absolute atomic E-state index is 0.0472. The second-order valence-electron chi connectivity index (χ2n) is 7.45. The highest BCUT2D eigenvalue weighted by Gasteiger charge is 2.38. The molecule has 0 heterocycles. The quantitative estimate of drug-likeness (QED) is 0.322. The van der Waals surface area contributed by atoms with Crippen molar-refractivity contribution in [1.82, 2.24) is 0 Å². The summed E-state index contributed by atoms with van der Waals surface area (Å²) < 4.78 is 90.2. The van der Waals surface area contributed by atoms with Gasteiger partial charge in [0.15, 0.2) is 11.6 Å². The van der Waals surface area contributed by atoms with E-state index >= 15 is 0 Å². The van der Waals surface area contributed by atoms with Crippen molar-refractivity contribution in [2.24, 2.45) is 0 Å². The maximum absolute atomic E-state index is 14.9. The van der Waals surface area contributed by atoms with Crippen molar-refractivity contribution in [3.63, 3.8) is 0 Å². The molecule has 3 aromatic rings. The number of methoxy groups -OCH3 is 1. The number of hydrogen-bond acceptors (Lipinski definition) is 1. The molecule has 0 amide bonds. The first-order chi connectivity index (χ1) is 15.7. The van der Waals surface area contributed by atoms with Crippen LogP contribution in [0.4, 0.5) is 26.3 Å². The van der Waals surface area contributed by atoms with E-state index in [0.29, 0.717) is 18.6 Å². The molecule has 0 aromatic heterocycles. The monoisotopic (exact) mass is 464 g/mol. The Balaban J connectivity index is 1.95. The van der Waals surface area contributed by atoms with E-state index in [1.54, 1.807) is 31.2 Å². The van der Waals surface area contributed by atoms with Gasteiger partial charge in [-0.3, -0.25) is 0 Å². The molecule has 174 valence electrons. The normalized spacial score (nSPS) is 11.9. The van der Waals surface area contributed by atoms with Gasteiger partial charge in [-0.05, 0) is 48.1 Å². The molecule has 0 radical (unpaired) electrons. The van der Waals surface area contributed by atoms with Crippen molar-refractivity contribution < 1.29 is 31.1 Å². The largest absolute Gasteiger partial charge is 0.497 e. The third-order valence-electron chi connectivity index (χ3n) is 5.29. The summed E-state index contributed by atoms with van der Waals surface area (Å²) in [6.07, 6.45) is -1.35. The molecule has 0 atom stereocenters.